The highest BCUT2D eigenvalue weighted by Gasteiger charge is 2.27. The number of anilines is 4. The molecule has 458 valence electrons. The molecule has 4 unspecified atom stereocenters. The fourth-order valence-corrected chi connectivity index (χ4v) is 12.0. The van der Waals surface area contributed by atoms with Gasteiger partial charge in [0.1, 0.15) is 29.9 Å². The Morgan fingerprint density at radius 1 is 0.573 bits per heavy atom. The molecule has 6 heterocycles. The van der Waals surface area contributed by atoms with Gasteiger partial charge in [-0.3, -0.25) is 19.2 Å². The van der Waals surface area contributed by atoms with Crippen molar-refractivity contribution in [2.24, 2.45) is 0 Å². The summed E-state index contributed by atoms with van der Waals surface area (Å²) in [6, 6.07) is 33.8. The van der Waals surface area contributed by atoms with Crippen LogP contribution >= 0.6 is 0 Å². The van der Waals surface area contributed by atoms with Crippen LogP contribution in [0.4, 0.5) is 23.0 Å². The van der Waals surface area contributed by atoms with Crippen molar-refractivity contribution in [2.75, 3.05) is 62.5 Å². The zero-order chi connectivity index (χ0) is 62.3. The Bertz CT molecular complexity index is 4100. The van der Waals surface area contributed by atoms with Gasteiger partial charge in [0, 0.05) is 131 Å². The predicted molar refractivity (Wildman–Crippen MR) is 347 cm³/mol. The summed E-state index contributed by atoms with van der Waals surface area (Å²) in [5.41, 5.74) is 6.64. The zero-order valence-corrected chi connectivity index (χ0v) is 50.8. The second-order valence-electron chi connectivity index (χ2n) is 22.6. The van der Waals surface area contributed by atoms with E-state index in [4.69, 9.17) is 0 Å². The first kappa shape index (κ1) is 62.1. The minimum absolute atomic E-state index is 0.0101. The van der Waals surface area contributed by atoms with Crippen molar-refractivity contribution in [3.8, 4) is 22.5 Å². The van der Waals surface area contributed by atoms with Gasteiger partial charge in [0.2, 0.25) is 11.8 Å². The summed E-state index contributed by atoms with van der Waals surface area (Å²) in [4.78, 5) is 84.0. The number of nitrogens with zero attached hydrogens (tertiary/aromatic N) is 9. The highest BCUT2D eigenvalue weighted by Crippen LogP contribution is 2.29. The van der Waals surface area contributed by atoms with Crippen molar-refractivity contribution in [2.45, 2.75) is 80.4 Å². The molecule has 7 N–H and O–H groups in total. The van der Waals surface area contributed by atoms with Crippen LogP contribution < -0.4 is 31.9 Å². The number of nitrogens with one attached hydrogen (secondary N) is 7. The second kappa shape index (κ2) is 29.1. The molecule has 2 fully saturated rings. The summed E-state index contributed by atoms with van der Waals surface area (Å²) in [5.74, 6) is 0.707. The van der Waals surface area contributed by atoms with Crippen molar-refractivity contribution in [1.29, 1.82) is 0 Å². The minimum Gasteiger partial charge on any atom is -0.367 e. The van der Waals surface area contributed by atoms with Crippen LogP contribution in [0.15, 0.2) is 182 Å². The number of hydrogen-bond donors (Lipinski definition) is 7. The number of pyridine rings is 2. The molecule has 0 bridgehead atoms. The molecule has 3 aromatic carbocycles. The third kappa shape index (κ3) is 17.0. The maximum Gasteiger partial charge on any atom is 0.269 e. The van der Waals surface area contributed by atoms with Gasteiger partial charge in [-0.15, -0.1) is 0 Å². The van der Waals surface area contributed by atoms with Gasteiger partial charge in [0.25, 0.3) is 21.8 Å². The van der Waals surface area contributed by atoms with Crippen LogP contribution in [0.2, 0.25) is 0 Å². The second-order valence-corrected chi connectivity index (χ2v) is 24.4. The smallest absolute Gasteiger partial charge is 0.269 e. The Morgan fingerprint density at radius 2 is 1.07 bits per heavy atom. The average molecular weight is 1220 g/mol. The van der Waals surface area contributed by atoms with Crippen LogP contribution in [0, 0.1) is 0 Å². The summed E-state index contributed by atoms with van der Waals surface area (Å²) in [7, 11) is 3.95. The fraction of sp³-hybridized carbons (Fsp3) is 0.273. The summed E-state index contributed by atoms with van der Waals surface area (Å²) in [6.07, 6.45) is 23.6. The largest absolute Gasteiger partial charge is 0.367 e. The summed E-state index contributed by atoms with van der Waals surface area (Å²) < 4.78 is 27.6. The van der Waals surface area contributed by atoms with E-state index >= 15 is 0 Å². The molecule has 0 saturated heterocycles. The number of aromatic amines is 1. The molecule has 0 radical (unpaired) electrons. The predicted octanol–water partition coefficient (Wildman–Crippen LogP) is 9.17. The van der Waals surface area contributed by atoms with Crippen LogP contribution in [-0.4, -0.2) is 146 Å². The molecule has 23 heteroatoms. The Hall–Kier alpha value is -9.97. The summed E-state index contributed by atoms with van der Waals surface area (Å²) in [5, 5.41) is 20.7. The van der Waals surface area contributed by atoms with Crippen LogP contribution in [0.5, 0.6) is 0 Å². The molecule has 89 heavy (non-hydrogen) atoms. The highest BCUT2D eigenvalue weighted by atomic mass is 32.2. The van der Waals surface area contributed by atoms with Gasteiger partial charge in [-0.2, -0.15) is 0 Å². The molecule has 22 nitrogen and oxygen atoms in total. The number of carbonyl (C=O) groups excluding carboxylic acids is 4. The Morgan fingerprint density at radius 3 is 1.58 bits per heavy atom. The number of rotatable bonds is 20. The van der Waals surface area contributed by atoms with Gasteiger partial charge in [-0.1, -0.05) is 30.4 Å². The number of amides is 4. The van der Waals surface area contributed by atoms with Gasteiger partial charge in [-0.05, 0) is 164 Å². The molecular weight excluding hydrogens is 1140 g/mol. The highest BCUT2D eigenvalue weighted by molar-refractivity contribution is 7.90. The molecular formula is C66H72N16O6S. The maximum atomic E-state index is 13.2. The van der Waals surface area contributed by atoms with E-state index in [9.17, 15) is 27.6 Å². The van der Waals surface area contributed by atoms with E-state index in [0.717, 1.165) is 85.0 Å². The normalized spacial score (nSPS) is 16.9. The van der Waals surface area contributed by atoms with E-state index in [2.05, 4.69) is 72.9 Å². The van der Waals surface area contributed by atoms with Gasteiger partial charge in [-0.25, -0.2) is 42.3 Å². The van der Waals surface area contributed by atoms with Gasteiger partial charge in [0.15, 0.2) is 5.65 Å². The topological polar surface area (TPSA) is 279 Å². The molecule has 9 aromatic rings. The Balaban J connectivity index is 0.000000200. The van der Waals surface area contributed by atoms with Crippen LogP contribution in [0.25, 0.3) is 44.6 Å². The van der Waals surface area contributed by atoms with Crippen molar-refractivity contribution in [1.82, 2.24) is 59.3 Å². The van der Waals surface area contributed by atoms with Gasteiger partial charge in [0.05, 0.1) is 16.3 Å². The number of carbonyl (C=O) groups is 4. The van der Waals surface area contributed by atoms with Gasteiger partial charge < -0.3 is 46.7 Å². The lowest BCUT2D eigenvalue weighted by molar-refractivity contribution is -0.112. The number of hydrogen-bond acceptors (Lipinski definition) is 16. The first-order valence-electron chi connectivity index (χ1n) is 29.5. The zero-order valence-electron chi connectivity index (χ0n) is 50.0. The molecule has 11 rings (SSSR count). The number of H-pyrrole nitrogens is 1. The van der Waals surface area contributed by atoms with Gasteiger partial charge >= 0.3 is 0 Å². The van der Waals surface area contributed by atoms with E-state index in [1.165, 1.54) is 28.6 Å². The molecule has 4 atom stereocenters. The lowest BCUT2D eigenvalue weighted by Crippen LogP contribution is -2.41. The van der Waals surface area contributed by atoms with E-state index in [1.807, 2.05) is 68.5 Å². The lowest BCUT2D eigenvalue weighted by atomic mass is 9.90. The SMILES string of the molecule is CN(C)C/C=C/C(=O)Nc1ccc(C(=O)NC2CCCC(Nc3cc(-c4cnc5[nH]ccc5c4)ncn3)C2)cc1.CN(C)C/C=C/C(=O)Nc1ccc(C(=O)NC2CCCC(Nc3cc(-c4cnc5c(ccn5S(=O)(=O)c5ccccc5)c4)ncn3)C2)cc1. The fourth-order valence-electron chi connectivity index (χ4n) is 10.7. The third-order valence-corrected chi connectivity index (χ3v) is 16.8. The Labute approximate surface area is 516 Å². The molecule has 0 spiro atoms. The third-order valence-electron chi connectivity index (χ3n) is 15.2. The molecule has 2 saturated carbocycles. The van der Waals surface area contributed by atoms with E-state index < -0.39 is 10.0 Å². The number of fused-ring (bicyclic) bond motifs is 2. The van der Waals surface area contributed by atoms with Crippen LogP contribution in [-0.2, 0) is 19.6 Å². The quantitative estimate of drug-likeness (QED) is 0.0350. The van der Waals surface area contributed by atoms with E-state index in [1.54, 1.807) is 116 Å². The number of benzene rings is 3. The van der Waals surface area contributed by atoms with Crippen molar-refractivity contribution in [3.05, 3.63) is 188 Å². The van der Waals surface area contributed by atoms with Crippen LogP contribution in [0.3, 0.4) is 0 Å². The number of aromatic nitrogens is 8. The Kier molecular flexibility index (Phi) is 20.3. The van der Waals surface area contributed by atoms with Crippen molar-refractivity contribution < 1.29 is 27.6 Å². The first-order chi connectivity index (χ1) is 43.1. The monoisotopic (exact) mass is 1220 g/mol. The van der Waals surface area contributed by atoms with Crippen molar-refractivity contribution in [3.63, 3.8) is 0 Å². The molecule has 6 aromatic heterocycles. The minimum atomic E-state index is -3.79. The van der Waals surface area contributed by atoms with E-state index in [0.29, 0.717) is 58.1 Å². The molecule has 2 aliphatic rings. The van der Waals surface area contributed by atoms with Crippen molar-refractivity contribution >= 4 is 78.7 Å². The average Bonchev–Trinajstić information content (AvgIpc) is 3.09. The lowest BCUT2D eigenvalue weighted by Gasteiger charge is -2.30. The summed E-state index contributed by atoms with van der Waals surface area (Å²) >= 11 is 0. The van der Waals surface area contributed by atoms with E-state index in [-0.39, 0.29) is 52.7 Å². The summed E-state index contributed by atoms with van der Waals surface area (Å²) in [6.45, 7) is 1.36. The molecule has 0 aliphatic heterocycles. The molecule has 4 amide bonds. The molecule has 2 aliphatic carbocycles. The first-order valence-corrected chi connectivity index (χ1v) is 31.0. The standard InChI is InChI=1S/C36H38N8O4S.C30H34N8O2/c1-43(2)18-7-12-34(45)41-28-15-13-25(14-16-28)36(46)42-30-9-6-8-29(21-30)40-33-22-32(38-24-39-33)27-20-26-17-19-44(35(26)37-23-27)49(47,48)31-10-4-3-5-11-31;1-38(2)14-4-7-28(39)36-23-10-8-20(9-11-23)30(40)37-25-6-3-5-24(16-25)35-27-17-26(33-19-34-27)22-15-21-12-13-31-29(21)32-18-22/h3-5,7,10-17,19-20,22-24,29-30H,6,8-9,18,21H2,1-2H3,(H,41,45)(H,42,46)(H,38,39,40);4,7-13,15,17-19,24-25H,3,5-6,14,16H2,1-2H3,(H,31,32)(H,36,39)(H,37,40)(H,33,34,35)/b12-7+;7-4+. The maximum absolute atomic E-state index is 13.2. The van der Waals surface area contributed by atoms with Crippen LogP contribution in [0.1, 0.15) is 72.1 Å². The number of likely N-dealkylation sites (N-methyl/N-ethyl adjacent to an activating group) is 2.